The molecule has 1 atom stereocenters. The predicted octanol–water partition coefficient (Wildman–Crippen LogP) is 4.05. The summed E-state index contributed by atoms with van der Waals surface area (Å²) in [5, 5.41) is 9.41. The molecule has 0 aliphatic carbocycles. The van der Waals surface area contributed by atoms with Gasteiger partial charge in [-0.2, -0.15) is 0 Å². The maximum atomic E-state index is 13.4. The van der Waals surface area contributed by atoms with Crippen LogP contribution < -0.4 is 16.0 Å². The van der Waals surface area contributed by atoms with Gasteiger partial charge in [-0.3, -0.25) is 4.79 Å². The maximum absolute atomic E-state index is 13.4. The van der Waals surface area contributed by atoms with Crippen LogP contribution in [0.5, 0.6) is 0 Å². The Morgan fingerprint density at radius 3 is 2.65 bits per heavy atom. The van der Waals surface area contributed by atoms with Crippen LogP contribution in [0.1, 0.15) is 18.5 Å². The van der Waals surface area contributed by atoms with Gasteiger partial charge in [0.05, 0.1) is 11.6 Å². The molecule has 134 valence electrons. The van der Waals surface area contributed by atoms with Gasteiger partial charge < -0.3 is 16.0 Å². The van der Waals surface area contributed by atoms with E-state index in [-0.39, 0.29) is 5.69 Å². The van der Waals surface area contributed by atoms with Gasteiger partial charge in [-0.05, 0) is 49.0 Å². The van der Waals surface area contributed by atoms with Crippen molar-refractivity contribution in [3.63, 3.8) is 0 Å². The summed E-state index contributed by atoms with van der Waals surface area (Å²) in [7, 11) is 0. The quantitative estimate of drug-likeness (QED) is 0.689. The third kappa shape index (κ3) is 3.84. The van der Waals surface area contributed by atoms with Gasteiger partial charge in [0.25, 0.3) is 5.91 Å². The van der Waals surface area contributed by atoms with Crippen molar-refractivity contribution < 1.29 is 13.6 Å². The fourth-order valence-electron chi connectivity index (χ4n) is 2.70. The smallest absolute Gasteiger partial charge is 0.255 e. The van der Waals surface area contributed by atoms with E-state index in [9.17, 15) is 13.6 Å². The molecule has 0 bridgehead atoms. The number of thiocarbonyl (C=S) groups is 1. The van der Waals surface area contributed by atoms with E-state index in [1.54, 1.807) is 25.1 Å². The van der Waals surface area contributed by atoms with Crippen LogP contribution in [0.3, 0.4) is 0 Å². The summed E-state index contributed by atoms with van der Waals surface area (Å²) in [6.07, 6.45) is 0. The lowest BCUT2D eigenvalue weighted by Gasteiger charge is -2.30. The zero-order valence-corrected chi connectivity index (χ0v) is 15.1. The molecule has 1 heterocycles. The minimum Gasteiger partial charge on any atom is -0.351 e. The van der Waals surface area contributed by atoms with Crippen molar-refractivity contribution in [2.24, 2.45) is 0 Å². The number of hydrogen-bond acceptors (Lipinski definition) is 2. The van der Waals surface area contributed by atoms with E-state index >= 15 is 0 Å². The van der Waals surface area contributed by atoms with Gasteiger partial charge >= 0.3 is 0 Å². The summed E-state index contributed by atoms with van der Waals surface area (Å²) in [6, 6.07) is 9.66. The number of benzene rings is 2. The average molecular weight is 394 g/mol. The second-order valence-electron chi connectivity index (χ2n) is 5.71. The second kappa shape index (κ2) is 7.39. The van der Waals surface area contributed by atoms with Gasteiger partial charge in [-0.15, -0.1) is 0 Å². The first-order valence-corrected chi connectivity index (χ1v) is 8.44. The summed E-state index contributed by atoms with van der Waals surface area (Å²) in [4.78, 5) is 12.8. The van der Waals surface area contributed by atoms with Crippen LogP contribution >= 0.6 is 23.8 Å². The van der Waals surface area contributed by atoms with Gasteiger partial charge in [0.1, 0.15) is 0 Å². The summed E-state index contributed by atoms with van der Waals surface area (Å²) in [5.41, 5.74) is 1.81. The fourth-order valence-corrected chi connectivity index (χ4v) is 3.17. The van der Waals surface area contributed by atoms with Crippen LogP contribution in [-0.4, -0.2) is 11.0 Å². The lowest BCUT2D eigenvalue weighted by Crippen LogP contribution is -2.45. The first-order chi connectivity index (χ1) is 12.3. The summed E-state index contributed by atoms with van der Waals surface area (Å²) in [5.74, 6) is -2.50. The molecule has 0 aromatic heterocycles. The average Bonchev–Trinajstić information content (AvgIpc) is 2.57. The minimum absolute atomic E-state index is 0.146. The molecule has 4 nitrogen and oxygen atoms in total. The second-order valence-corrected chi connectivity index (χ2v) is 6.55. The molecular formula is C18H14ClF2N3OS. The number of carbonyl (C=O) groups excluding carboxylic acids is 1. The molecule has 8 heteroatoms. The highest BCUT2D eigenvalue weighted by Gasteiger charge is 2.30. The minimum atomic E-state index is -1.04. The zero-order valence-electron chi connectivity index (χ0n) is 13.6. The van der Waals surface area contributed by atoms with Crippen LogP contribution in [0.4, 0.5) is 14.5 Å². The number of carbonyl (C=O) groups is 1. The topological polar surface area (TPSA) is 53.2 Å². The van der Waals surface area contributed by atoms with Crippen molar-refractivity contribution in [1.29, 1.82) is 0 Å². The Hall–Kier alpha value is -2.51. The van der Waals surface area contributed by atoms with Crippen molar-refractivity contribution in [3.8, 4) is 0 Å². The molecule has 1 aliphatic rings. The Balaban J connectivity index is 1.95. The lowest BCUT2D eigenvalue weighted by molar-refractivity contribution is -0.113. The van der Waals surface area contributed by atoms with E-state index in [1.165, 1.54) is 6.07 Å². The van der Waals surface area contributed by atoms with E-state index in [1.807, 2.05) is 6.07 Å². The highest BCUT2D eigenvalue weighted by Crippen LogP contribution is 2.29. The maximum Gasteiger partial charge on any atom is 0.255 e. The molecule has 0 radical (unpaired) electrons. The van der Waals surface area contributed by atoms with E-state index < -0.39 is 23.6 Å². The van der Waals surface area contributed by atoms with Crippen LogP contribution in [0, 0.1) is 11.6 Å². The molecule has 0 saturated carbocycles. The highest BCUT2D eigenvalue weighted by molar-refractivity contribution is 7.80. The lowest BCUT2D eigenvalue weighted by atomic mass is 9.95. The number of amides is 1. The van der Waals surface area contributed by atoms with E-state index in [2.05, 4.69) is 16.0 Å². The Bertz CT molecular complexity index is 932. The standard InChI is InChI=1S/C18H14ClF2N3OS/c1-9-15(17(25)23-12-5-6-13(20)14(21)8-12)16(24-18(26)22-9)10-3-2-4-11(19)7-10/h2-8,16H,1H3,(H,23,25)(H2,22,24,26)/t16-/m1/s1. The molecule has 3 rings (SSSR count). The van der Waals surface area contributed by atoms with E-state index in [0.717, 1.165) is 17.7 Å². The van der Waals surface area contributed by atoms with Gasteiger partial charge in [0.15, 0.2) is 16.7 Å². The van der Waals surface area contributed by atoms with Crippen molar-refractivity contribution in [2.75, 3.05) is 5.32 Å². The van der Waals surface area contributed by atoms with Gasteiger partial charge in [-0.1, -0.05) is 23.7 Å². The number of rotatable bonds is 3. The van der Waals surface area contributed by atoms with Crippen LogP contribution in [0.25, 0.3) is 0 Å². The molecule has 1 aliphatic heterocycles. The van der Waals surface area contributed by atoms with Crippen molar-refractivity contribution in [2.45, 2.75) is 13.0 Å². The normalized spacial score (nSPS) is 16.8. The van der Waals surface area contributed by atoms with E-state index in [0.29, 0.717) is 21.4 Å². The fraction of sp³-hybridized carbons (Fsp3) is 0.111. The van der Waals surface area contributed by atoms with Gasteiger partial charge in [0, 0.05) is 22.5 Å². The molecule has 0 spiro atoms. The largest absolute Gasteiger partial charge is 0.351 e. The zero-order chi connectivity index (χ0) is 18.8. The molecule has 26 heavy (non-hydrogen) atoms. The number of allylic oxidation sites excluding steroid dienone is 1. The van der Waals surface area contributed by atoms with Crippen molar-refractivity contribution >= 4 is 40.5 Å². The third-order valence-electron chi connectivity index (χ3n) is 3.87. The Morgan fingerprint density at radius 1 is 1.19 bits per heavy atom. The number of halogens is 3. The molecule has 0 unspecified atom stereocenters. The number of hydrogen-bond donors (Lipinski definition) is 3. The highest BCUT2D eigenvalue weighted by atomic mass is 35.5. The third-order valence-corrected chi connectivity index (χ3v) is 4.33. The van der Waals surface area contributed by atoms with Crippen molar-refractivity contribution in [1.82, 2.24) is 10.6 Å². The summed E-state index contributed by atoms with van der Waals surface area (Å²) in [6.45, 7) is 1.71. The number of nitrogens with one attached hydrogen (secondary N) is 3. The molecule has 0 saturated heterocycles. The van der Waals surface area contributed by atoms with Crippen LogP contribution in [0.15, 0.2) is 53.7 Å². The van der Waals surface area contributed by atoms with Gasteiger partial charge in [0.2, 0.25) is 0 Å². The SMILES string of the molecule is CC1=C(C(=O)Nc2ccc(F)c(F)c2)[C@@H](c2cccc(Cl)c2)NC(=S)N1. The first kappa shape index (κ1) is 18.3. The molecule has 0 fully saturated rings. The molecule has 2 aromatic carbocycles. The predicted molar refractivity (Wildman–Crippen MR) is 101 cm³/mol. The van der Waals surface area contributed by atoms with E-state index in [4.69, 9.17) is 23.8 Å². The Labute approximate surface area is 159 Å². The summed E-state index contributed by atoms with van der Waals surface area (Å²) >= 11 is 11.2. The molecule has 2 aromatic rings. The molecule has 3 N–H and O–H groups in total. The van der Waals surface area contributed by atoms with Crippen LogP contribution in [0.2, 0.25) is 5.02 Å². The Kier molecular flexibility index (Phi) is 5.20. The van der Waals surface area contributed by atoms with Gasteiger partial charge in [-0.25, -0.2) is 8.78 Å². The monoisotopic (exact) mass is 393 g/mol. The Morgan fingerprint density at radius 2 is 1.96 bits per heavy atom. The van der Waals surface area contributed by atoms with Crippen LogP contribution in [-0.2, 0) is 4.79 Å². The molecule has 1 amide bonds. The first-order valence-electron chi connectivity index (χ1n) is 7.65. The van der Waals surface area contributed by atoms with Crippen molar-refractivity contribution in [3.05, 3.63) is 76.0 Å². The number of anilines is 1. The molecular weight excluding hydrogens is 380 g/mol. The summed E-state index contributed by atoms with van der Waals surface area (Å²) < 4.78 is 26.5.